The minimum absolute atomic E-state index is 0.0332. The standard InChI is InChI=1S/C13H24N2O/c16-10-13(14-12-3-1-2-4-12)9-15-7-5-11(13)6-8-15/h11-12,14,16H,1-10H2. The highest BCUT2D eigenvalue weighted by atomic mass is 16.3. The lowest BCUT2D eigenvalue weighted by atomic mass is 9.72. The fourth-order valence-electron chi connectivity index (χ4n) is 4.04. The maximum atomic E-state index is 9.83. The molecule has 3 heteroatoms. The first-order valence-electron chi connectivity index (χ1n) is 6.93. The second kappa shape index (κ2) is 4.28. The molecule has 1 aliphatic carbocycles. The van der Waals surface area contributed by atoms with E-state index in [0.717, 1.165) is 6.54 Å². The van der Waals surface area contributed by atoms with Crippen LogP contribution in [0, 0.1) is 5.92 Å². The van der Waals surface area contributed by atoms with Gasteiger partial charge in [-0.15, -0.1) is 0 Å². The number of nitrogens with one attached hydrogen (secondary N) is 1. The second-order valence-electron chi connectivity index (χ2n) is 5.99. The highest BCUT2D eigenvalue weighted by molar-refractivity contribution is 5.05. The highest BCUT2D eigenvalue weighted by Crippen LogP contribution is 2.36. The smallest absolute Gasteiger partial charge is 0.0628 e. The van der Waals surface area contributed by atoms with Gasteiger partial charge in [-0.25, -0.2) is 0 Å². The van der Waals surface area contributed by atoms with Gasteiger partial charge in [0.1, 0.15) is 0 Å². The van der Waals surface area contributed by atoms with Crippen molar-refractivity contribution in [2.24, 2.45) is 5.92 Å². The summed E-state index contributed by atoms with van der Waals surface area (Å²) in [6.45, 7) is 3.90. The van der Waals surface area contributed by atoms with Crippen LogP contribution in [0.25, 0.3) is 0 Å². The minimum Gasteiger partial charge on any atom is -0.394 e. The van der Waals surface area contributed by atoms with E-state index >= 15 is 0 Å². The van der Waals surface area contributed by atoms with E-state index in [2.05, 4.69) is 10.2 Å². The predicted octanol–water partition coefficient (Wildman–Crippen LogP) is 0.975. The summed E-state index contributed by atoms with van der Waals surface area (Å²) in [5.41, 5.74) is 0.0332. The number of hydrogen-bond donors (Lipinski definition) is 2. The first kappa shape index (κ1) is 11.0. The Balaban J connectivity index is 1.72. The lowest BCUT2D eigenvalue weighted by Gasteiger charge is -2.54. The van der Waals surface area contributed by atoms with E-state index in [-0.39, 0.29) is 5.54 Å². The monoisotopic (exact) mass is 224 g/mol. The molecular formula is C13H24N2O. The van der Waals surface area contributed by atoms with Crippen molar-refractivity contribution in [3.63, 3.8) is 0 Å². The van der Waals surface area contributed by atoms with Crippen molar-refractivity contribution in [3.05, 3.63) is 0 Å². The number of hydrogen-bond acceptors (Lipinski definition) is 3. The Bertz CT molecular complexity index is 244. The van der Waals surface area contributed by atoms with Crippen molar-refractivity contribution in [2.45, 2.75) is 50.1 Å². The molecule has 1 atom stereocenters. The summed E-state index contributed by atoms with van der Waals surface area (Å²) >= 11 is 0. The molecular weight excluding hydrogens is 200 g/mol. The molecule has 3 heterocycles. The van der Waals surface area contributed by atoms with E-state index in [4.69, 9.17) is 0 Å². The van der Waals surface area contributed by atoms with E-state index < -0.39 is 0 Å². The summed E-state index contributed by atoms with van der Waals surface area (Å²) in [5.74, 6) is 0.711. The fraction of sp³-hybridized carbons (Fsp3) is 1.00. The quantitative estimate of drug-likeness (QED) is 0.750. The van der Waals surface area contributed by atoms with Crippen LogP contribution in [-0.4, -0.2) is 47.8 Å². The maximum Gasteiger partial charge on any atom is 0.0628 e. The van der Waals surface area contributed by atoms with Gasteiger partial charge in [0.15, 0.2) is 0 Å². The number of rotatable bonds is 3. The summed E-state index contributed by atoms with van der Waals surface area (Å²) in [6.07, 6.45) is 7.92. The van der Waals surface area contributed by atoms with Gasteiger partial charge in [-0.1, -0.05) is 12.8 Å². The molecule has 4 aliphatic rings. The number of fused-ring (bicyclic) bond motifs is 3. The van der Waals surface area contributed by atoms with Crippen LogP contribution in [0.1, 0.15) is 38.5 Å². The Kier molecular flexibility index (Phi) is 2.94. The molecule has 1 unspecified atom stereocenters. The Hall–Kier alpha value is -0.120. The topological polar surface area (TPSA) is 35.5 Å². The molecule has 3 saturated heterocycles. The fourth-order valence-corrected chi connectivity index (χ4v) is 4.04. The molecule has 2 bridgehead atoms. The summed E-state index contributed by atoms with van der Waals surface area (Å²) < 4.78 is 0. The minimum atomic E-state index is 0.0332. The van der Waals surface area contributed by atoms with Crippen molar-refractivity contribution in [2.75, 3.05) is 26.2 Å². The van der Waals surface area contributed by atoms with Crippen LogP contribution in [0.2, 0.25) is 0 Å². The molecule has 92 valence electrons. The van der Waals surface area contributed by atoms with Gasteiger partial charge in [-0.05, 0) is 44.7 Å². The van der Waals surface area contributed by atoms with Gasteiger partial charge in [0.25, 0.3) is 0 Å². The van der Waals surface area contributed by atoms with E-state index in [9.17, 15) is 5.11 Å². The molecule has 3 nitrogen and oxygen atoms in total. The average molecular weight is 224 g/mol. The van der Waals surface area contributed by atoms with Crippen molar-refractivity contribution < 1.29 is 5.11 Å². The van der Waals surface area contributed by atoms with Crippen LogP contribution in [-0.2, 0) is 0 Å². The molecule has 3 aliphatic heterocycles. The van der Waals surface area contributed by atoms with E-state index in [1.54, 1.807) is 0 Å². The molecule has 4 rings (SSSR count). The molecule has 0 radical (unpaired) electrons. The van der Waals surface area contributed by atoms with E-state index in [0.29, 0.717) is 18.6 Å². The van der Waals surface area contributed by atoms with Crippen molar-refractivity contribution >= 4 is 0 Å². The number of aliphatic hydroxyl groups excluding tert-OH is 1. The lowest BCUT2D eigenvalue weighted by molar-refractivity contribution is -0.0310. The molecule has 1 saturated carbocycles. The SMILES string of the molecule is OCC1(NC2CCCC2)CN2CCC1CC2. The zero-order valence-corrected chi connectivity index (χ0v) is 10.1. The highest BCUT2D eigenvalue weighted by Gasteiger charge is 2.47. The van der Waals surface area contributed by atoms with Crippen LogP contribution < -0.4 is 5.32 Å². The largest absolute Gasteiger partial charge is 0.394 e. The lowest BCUT2D eigenvalue weighted by Crippen LogP contribution is -2.69. The normalized spacial score (nSPS) is 44.1. The molecule has 16 heavy (non-hydrogen) atoms. The second-order valence-corrected chi connectivity index (χ2v) is 5.99. The molecule has 0 aromatic rings. The van der Waals surface area contributed by atoms with Crippen molar-refractivity contribution in [1.29, 1.82) is 0 Å². The number of piperidine rings is 3. The van der Waals surface area contributed by atoms with Crippen LogP contribution >= 0.6 is 0 Å². The Morgan fingerprint density at radius 1 is 1.12 bits per heavy atom. The van der Waals surface area contributed by atoms with Crippen molar-refractivity contribution in [1.82, 2.24) is 10.2 Å². The zero-order valence-electron chi connectivity index (χ0n) is 10.1. The van der Waals surface area contributed by atoms with Crippen LogP contribution in [0.4, 0.5) is 0 Å². The summed E-state index contributed by atoms with van der Waals surface area (Å²) in [4.78, 5) is 2.53. The predicted molar refractivity (Wildman–Crippen MR) is 64.4 cm³/mol. The zero-order chi connectivity index (χ0) is 11.0. The van der Waals surface area contributed by atoms with Gasteiger partial charge < -0.3 is 15.3 Å². The Morgan fingerprint density at radius 3 is 2.31 bits per heavy atom. The number of nitrogens with zero attached hydrogens (tertiary/aromatic N) is 1. The summed E-state index contributed by atoms with van der Waals surface area (Å²) in [5, 5.41) is 13.7. The van der Waals surface area contributed by atoms with Crippen LogP contribution in [0.3, 0.4) is 0 Å². The van der Waals surface area contributed by atoms with Gasteiger partial charge in [-0.2, -0.15) is 0 Å². The van der Waals surface area contributed by atoms with E-state index in [1.165, 1.54) is 51.6 Å². The number of aliphatic hydroxyl groups is 1. The van der Waals surface area contributed by atoms with Gasteiger partial charge in [0.2, 0.25) is 0 Å². The maximum absolute atomic E-state index is 9.83. The van der Waals surface area contributed by atoms with Gasteiger partial charge in [-0.3, -0.25) is 0 Å². The Morgan fingerprint density at radius 2 is 1.81 bits per heavy atom. The molecule has 0 amide bonds. The summed E-state index contributed by atoms with van der Waals surface area (Å²) in [7, 11) is 0. The molecule has 2 N–H and O–H groups in total. The Labute approximate surface area is 98.2 Å². The molecule has 0 aromatic carbocycles. The van der Waals surface area contributed by atoms with Gasteiger partial charge in [0, 0.05) is 12.6 Å². The van der Waals surface area contributed by atoms with Crippen LogP contribution in [0.15, 0.2) is 0 Å². The van der Waals surface area contributed by atoms with Crippen molar-refractivity contribution in [3.8, 4) is 0 Å². The third-order valence-corrected chi connectivity index (χ3v) is 5.00. The van der Waals surface area contributed by atoms with Crippen LogP contribution in [0.5, 0.6) is 0 Å². The summed E-state index contributed by atoms with van der Waals surface area (Å²) in [6, 6.07) is 0.674. The van der Waals surface area contributed by atoms with E-state index in [1.807, 2.05) is 0 Å². The van der Waals surface area contributed by atoms with Gasteiger partial charge >= 0.3 is 0 Å². The first-order chi connectivity index (χ1) is 7.82. The molecule has 0 aromatic heterocycles. The first-order valence-corrected chi connectivity index (χ1v) is 6.93. The van der Waals surface area contributed by atoms with Gasteiger partial charge in [0.05, 0.1) is 12.1 Å². The molecule has 4 fully saturated rings. The third kappa shape index (κ3) is 1.79. The molecule has 0 spiro atoms. The average Bonchev–Trinajstić information content (AvgIpc) is 2.83. The third-order valence-electron chi connectivity index (χ3n) is 5.00.